The summed E-state index contributed by atoms with van der Waals surface area (Å²) in [4.78, 5) is 25.3. The molecule has 57 heavy (non-hydrogen) atoms. The summed E-state index contributed by atoms with van der Waals surface area (Å²) in [5.74, 6) is -9.62. The van der Waals surface area contributed by atoms with E-state index < -0.39 is 84.9 Å². The van der Waals surface area contributed by atoms with Crippen molar-refractivity contribution >= 4 is 43.2 Å². The Kier molecular flexibility index (Phi) is 12.6. The second-order valence-electron chi connectivity index (χ2n) is 13.8. The van der Waals surface area contributed by atoms with Crippen LogP contribution in [0, 0.1) is 29.1 Å². The van der Waals surface area contributed by atoms with Gasteiger partial charge in [-0.25, -0.2) is 43.8 Å². The van der Waals surface area contributed by atoms with E-state index >= 15 is 0 Å². The summed E-state index contributed by atoms with van der Waals surface area (Å²) < 4.78 is 133. The van der Waals surface area contributed by atoms with Crippen molar-refractivity contribution in [2.45, 2.75) is 85.4 Å². The van der Waals surface area contributed by atoms with Crippen LogP contribution < -0.4 is 24.8 Å². The minimum Gasteiger partial charge on any atom is -0.487 e. The summed E-state index contributed by atoms with van der Waals surface area (Å²) in [6.45, 7) is 0. The molecule has 2 aliphatic carbocycles. The van der Waals surface area contributed by atoms with Gasteiger partial charge in [-0.05, 0) is 87.8 Å². The van der Waals surface area contributed by atoms with Crippen LogP contribution in [0.1, 0.15) is 72.1 Å². The first-order valence-electron chi connectivity index (χ1n) is 17.8. The van der Waals surface area contributed by atoms with Crippen LogP contribution in [0.2, 0.25) is 0 Å². The molecule has 2 amide bonds. The molecule has 0 saturated heterocycles. The molecule has 0 spiro atoms. The van der Waals surface area contributed by atoms with Gasteiger partial charge in [0.1, 0.15) is 0 Å². The second-order valence-corrected chi connectivity index (χ2v) is 17.3. The van der Waals surface area contributed by atoms with Crippen LogP contribution in [0.4, 0.5) is 33.3 Å². The smallest absolute Gasteiger partial charge is 0.255 e. The van der Waals surface area contributed by atoms with Crippen molar-refractivity contribution in [2.75, 3.05) is 10.6 Å². The maximum absolute atomic E-state index is 14.9. The third kappa shape index (κ3) is 10.3. The van der Waals surface area contributed by atoms with Crippen molar-refractivity contribution in [1.29, 1.82) is 0 Å². The standard InChI is InChI=1S/C38H37F5N4O8S2/c39-31-17-25(18-32(40)35(31)42)44-37(49)21-3-1-6-30(15-21)57(53,54)47-24-9-13-28(14-10-24)55-34-20-26(19-33(41)36(34)43)45-38(50)22-4-2-5-29(16-22)56(51,52)46-23-7-11-27(48)12-8-23/h1-6,15-20,23-24,27-28,46-48H,7-14H2,(H,44,49)(H,45,50). The first-order chi connectivity index (χ1) is 27.0. The van der Waals surface area contributed by atoms with E-state index in [1.165, 1.54) is 36.4 Å². The topological polar surface area (TPSA) is 180 Å². The summed E-state index contributed by atoms with van der Waals surface area (Å²) in [7, 11) is -8.20. The number of carbonyl (C=O) groups is 2. The van der Waals surface area contributed by atoms with E-state index in [-0.39, 0.29) is 64.0 Å². The number of hydrogen-bond acceptors (Lipinski definition) is 8. The van der Waals surface area contributed by atoms with Crippen molar-refractivity contribution in [3.8, 4) is 5.75 Å². The van der Waals surface area contributed by atoms with Gasteiger partial charge < -0.3 is 20.5 Å². The number of aliphatic hydroxyl groups excluding tert-OH is 1. The summed E-state index contributed by atoms with van der Waals surface area (Å²) in [6.07, 6.45) is 1.57. The number of ether oxygens (including phenoxy) is 1. The van der Waals surface area contributed by atoms with E-state index in [0.29, 0.717) is 37.8 Å². The highest BCUT2D eigenvalue weighted by atomic mass is 32.2. The fraction of sp³-hybridized carbons (Fsp3) is 0.316. The highest BCUT2D eigenvalue weighted by molar-refractivity contribution is 7.89. The Balaban J connectivity index is 1.04. The van der Waals surface area contributed by atoms with Gasteiger partial charge >= 0.3 is 0 Å². The highest BCUT2D eigenvalue weighted by Gasteiger charge is 2.29. The van der Waals surface area contributed by atoms with Gasteiger partial charge in [-0.2, -0.15) is 4.39 Å². The van der Waals surface area contributed by atoms with E-state index in [9.17, 15) is 53.5 Å². The minimum atomic E-state index is -4.19. The number of benzene rings is 4. The SMILES string of the molecule is O=C(Nc1cc(F)c(F)c(OC2CCC(NS(=O)(=O)c3cccc(C(=O)Nc4cc(F)c(F)c(F)c4)c3)CC2)c1)c1cccc(S(=O)(=O)NC2CCC(O)CC2)c1. The van der Waals surface area contributed by atoms with E-state index in [4.69, 9.17) is 4.74 Å². The number of aliphatic hydroxyl groups is 1. The largest absolute Gasteiger partial charge is 0.487 e. The van der Waals surface area contributed by atoms with Gasteiger partial charge in [0.15, 0.2) is 29.0 Å². The average Bonchev–Trinajstić information content (AvgIpc) is 3.17. The maximum Gasteiger partial charge on any atom is 0.255 e. The monoisotopic (exact) mass is 836 g/mol. The predicted octanol–water partition coefficient (Wildman–Crippen LogP) is 6.14. The first kappa shape index (κ1) is 41.7. The molecule has 2 aliphatic rings. The van der Waals surface area contributed by atoms with Crippen LogP contribution in [-0.2, 0) is 20.0 Å². The molecule has 5 N–H and O–H groups in total. The minimum absolute atomic E-state index is 0.0710. The van der Waals surface area contributed by atoms with Gasteiger partial charge in [-0.3, -0.25) is 9.59 Å². The molecule has 2 fully saturated rings. The van der Waals surface area contributed by atoms with Crippen molar-refractivity contribution in [3.63, 3.8) is 0 Å². The fourth-order valence-electron chi connectivity index (χ4n) is 6.61. The number of amides is 2. The quantitative estimate of drug-likeness (QED) is 0.0835. The summed E-state index contributed by atoms with van der Waals surface area (Å²) in [5, 5.41) is 14.3. The van der Waals surface area contributed by atoms with Gasteiger partial charge in [0.2, 0.25) is 25.9 Å². The van der Waals surface area contributed by atoms with Crippen LogP contribution in [0.25, 0.3) is 0 Å². The lowest BCUT2D eigenvalue weighted by molar-refractivity contribution is 0.101. The molecule has 304 valence electrons. The van der Waals surface area contributed by atoms with E-state index in [2.05, 4.69) is 20.1 Å². The zero-order valence-corrected chi connectivity index (χ0v) is 31.5. The number of carbonyl (C=O) groups excluding carboxylic acids is 2. The molecule has 12 nitrogen and oxygen atoms in total. The second kappa shape index (κ2) is 17.3. The first-order valence-corrected chi connectivity index (χ1v) is 20.8. The molecule has 2 saturated carbocycles. The molecule has 19 heteroatoms. The molecule has 0 radical (unpaired) electrons. The number of sulfonamides is 2. The van der Waals surface area contributed by atoms with Crippen LogP contribution in [-0.4, -0.2) is 58.0 Å². The molecular formula is C38H37F5N4O8S2. The third-order valence-corrected chi connectivity index (χ3v) is 12.7. The van der Waals surface area contributed by atoms with Crippen LogP contribution in [0.15, 0.2) is 82.6 Å². The number of hydrogen-bond donors (Lipinski definition) is 5. The lowest BCUT2D eigenvalue weighted by atomic mass is 9.93. The van der Waals surface area contributed by atoms with Crippen LogP contribution >= 0.6 is 0 Å². The Morgan fingerprint density at radius 1 is 0.579 bits per heavy atom. The Bertz CT molecular complexity index is 2370. The van der Waals surface area contributed by atoms with Crippen molar-refractivity contribution in [2.24, 2.45) is 0 Å². The lowest BCUT2D eigenvalue weighted by Crippen LogP contribution is -2.39. The lowest BCUT2D eigenvalue weighted by Gasteiger charge is -2.29. The van der Waals surface area contributed by atoms with Gasteiger partial charge in [-0.1, -0.05) is 12.1 Å². The number of halogens is 5. The van der Waals surface area contributed by atoms with Crippen molar-refractivity contribution in [1.82, 2.24) is 9.44 Å². The summed E-state index contributed by atoms with van der Waals surface area (Å²) in [5.41, 5.74) is -0.795. The van der Waals surface area contributed by atoms with Crippen molar-refractivity contribution < 1.29 is 58.2 Å². The van der Waals surface area contributed by atoms with E-state index in [0.717, 1.165) is 24.3 Å². The molecule has 6 rings (SSSR count). The Hall–Kier alpha value is -4.95. The van der Waals surface area contributed by atoms with Gasteiger partial charge in [0.25, 0.3) is 11.8 Å². The number of rotatable bonds is 12. The molecule has 0 heterocycles. The molecule has 4 aromatic carbocycles. The molecule has 4 aromatic rings. The maximum atomic E-state index is 14.9. The fourth-order valence-corrected chi connectivity index (χ4v) is 9.31. The molecule has 0 aliphatic heterocycles. The van der Waals surface area contributed by atoms with Gasteiger partial charge in [-0.15, -0.1) is 0 Å². The normalized spacial score (nSPS) is 20.1. The Morgan fingerprint density at radius 2 is 1.00 bits per heavy atom. The predicted molar refractivity (Wildman–Crippen MR) is 197 cm³/mol. The molecule has 0 bridgehead atoms. The highest BCUT2D eigenvalue weighted by Crippen LogP contribution is 2.31. The van der Waals surface area contributed by atoms with Crippen molar-refractivity contribution in [3.05, 3.63) is 113 Å². The molecular weight excluding hydrogens is 800 g/mol. The Morgan fingerprint density at radius 3 is 1.47 bits per heavy atom. The molecule has 0 atom stereocenters. The average molecular weight is 837 g/mol. The summed E-state index contributed by atoms with van der Waals surface area (Å²) >= 11 is 0. The van der Waals surface area contributed by atoms with E-state index in [1.54, 1.807) is 0 Å². The van der Waals surface area contributed by atoms with Gasteiger partial charge in [0, 0.05) is 58.9 Å². The molecule has 0 aromatic heterocycles. The number of nitrogens with one attached hydrogen (secondary N) is 4. The molecule has 0 unspecified atom stereocenters. The zero-order valence-electron chi connectivity index (χ0n) is 29.9. The third-order valence-electron chi connectivity index (χ3n) is 9.62. The zero-order chi connectivity index (χ0) is 41.1. The Labute approximate surface area is 324 Å². The summed E-state index contributed by atoms with van der Waals surface area (Å²) in [6, 6.07) is 12.0. The van der Waals surface area contributed by atoms with Crippen LogP contribution in [0.3, 0.4) is 0 Å². The number of anilines is 2. The van der Waals surface area contributed by atoms with E-state index in [1.807, 2.05) is 0 Å². The van der Waals surface area contributed by atoms with Crippen LogP contribution in [0.5, 0.6) is 5.75 Å². The van der Waals surface area contributed by atoms with Gasteiger partial charge in [0.05, 0.1) is 22.0 Å².